The fourth-order valence-electron chi connectivity index (χ4n) is 3.50. The number of halogens is 1. The summed E-state index contributed by atoms with van der Waals surface area (Å²) in [6, 6.07) is 11.9. The molecule has 7 heteroatoms. The van der Waals surface area contributed by atoms with E-state index in [9.17, 15) is 18.8 Å². The summed E-state index contributed by atoms with van der Waals surface area (Å²) in [6.45, 7) is 0.371. The van der Waals surface area contributed by atoms with Crippen LogP contribution < -0.4 is 5.32 Å². The molecule has 0 aliphatic carbocycles. The Bertz CT molecular complexity index is 880. The highest BCUT2D eigenvalue weighted by Gasteiger charge is 2.42. The fourth-order valence-corrected chi connectivity index (χ4v) is 3.50. The first-order chi connectivity index (χ1) is 13.4. The SMILES string of the molecule is CN1C(=O)CC(C(=O)NCCc2ccc(C(=O)O)cc2)C1c1ccc(F)cc1. The standard InChI is InChI=1S/C21H21FN2O4/c1-24-18(25)12-17(19(24)14-6-8-16(22)9-7-14)20(26)23-11-10-13-2-4-15(5-3-13)21(27)28/h2-9,17,19H,10-12H2,1H3,(H,23,26)(H,27,28). The van der Waals surface area contributed by atoms with E-state index in [1.807, 2.05) is 0 Å². The summed E-state index contributed by atoms with van der Waals surface area (Å²) in [6.07, 6.45) is 0.654. The Labute approximate surface area is 162 Å². The molecule has 2 atom stereocenters. The molecular weight excluding hydrogens is 363 g/mol. The smallest absolute Gasteiger partial charge is 0.335 e. The predicted molar refractivity (Wildman–Crippen MR) is 100 cm³/mol. The monoisotopic (exact) mass is 384 g/mol. The van der Waals surface area contributed by atoms with Gasteiger partial charge in [0.25, 0.3) is 0 Å². The third-order valence-corrected chi connectivity index (χ3v) is 5.05. The van der Waals surface area contributed by atoms with Crippen molar-refractivity contribution in [1.29, 1.82) is 0 Å². The third-order valence-electron chi connectivity index (χ3n) is 5.05. The van der Waals surface area contributed by atoms with Gasteiger partial charge in [-0.05, 0) is 41.8 Å². The van der Waals surface area contributed by atoms with Gasteiger partial charge >= 0.3 is 5.97 Å². The molecule has 2 aromatic rings. The zero-order chi connectivity index (χ0) is 20.3. The van der Waals surface area contributed by atoms with Crippen molar-refractivity contribution >= 4 is 17.8 Å². The number of likely N-dealkylation sites (tertiary alicyclic amines) is 1. The van der Waals surface area contributed by atoms with Crippen molar-refractivity contribution in [3.05, 3.63) is 71.0 Å². The molecule has 1 fully saturated rings. The van der Waals surface area contributed by atoms with Crippen LogP contribution in [0, 0.1) is 11.7 Å². The van der Waals surface area contributed by atoms with Gasteiger partial charge in [0.1, 0.15) is 5.82 Å². The largest absolute Gasteiger partial charge is 0.478 e. The van der Waals surface area contributed by atoms with E-state index in [1.54, 1.807) is 31.3 Å². The minimum Gasteiger partial charge on any atom is -0.478 e. The van der Waals surface area contributed by atoms with E-state index in [0.29, 0.717) is 13.0 Å². The molecule has 0 spiro atoms. The van der Waals surface area contributed by atoms with E-state index in [-0.39, 0.29) is 29.6 Å². The number of benzene rings is 2. The van der Waals surface area contributed by atoms with Crippen LogP contribution in [0.2, 0.25) is 0 Å². The Hall–Kier alpha value is -3.22. The highest BCUT2D eigenvalue weighted by molar-refractivity contribution is 5.90. The molecule has 3 rings (SSSR count). The number of carboxylic acids is 1. The molecule has 1 saturated heterocycles. The molecule has 2 N–H and O–H groups in total. The molecule has 2 aromatic carbocycles. The molecule has 146 valence electrons. The van der Waals surface area contributed by atoms with Crippen molar-refractivity contribution in [3.8, 4) is 0 Å². The predicted octanol–water partition coefficient (Wildman–Crippen LogP) is 2.40. The van der Waals surface area contributed by atoms with Gasteiger partial charge in [-0.25, -0.2) is 9.18 Å². The maximum Gasteiger partial charge on any atom is 0.335 e. The summed E-state index contributed by atoms with van der Waals surface area (Å²) in [5.74, 6) is -2.25. The second kappa shape index (κ2) is 8.21. The molecule has 6 nitrogen and oxygen atoms in total. The second-order valence-corrected chi connectivity index (χ2v) is 6.85. The van der Waals surface area contributed by atoms with Crippen molar-refractivity contribution in [2.45, 2.75) is 18.9 Å². The minimum atomic E-state index is -0.985. The molecule has 1 aliphatic heterocycles. The minimum absolute atomic E-state index is 0.109. The Morgan fingerprint density at radius 2 is 1.79 bits per heavy atom. The van der Waals surface area contributed by atoms with Crippen LogP contribution in [0.5, 0.6) is 0 Å². The van der Waals surface area contributed by atoms with Crippen molar-refractivity contribution < 1.29 is 23.9 Å². The van der Waals surface area contributed by atoms with Gasteiger partial charge in [0.2, 0.25) is 11.8 Å². The lowest BCUT2D eigenvalue weighted by Crippen LogP contribution is -2.35. The first-order valence-corrected chi connectivity index (χ1v) is 8.98. The third kappa shape index (κ3) is 4.19. The Kier molecular flexibility index (Phi) is 5.73. The Morgan fingerprint density at radius 3 is 2.39 bits per heavy atom. The van der Waals surface area contributed by atoms with Crippen LogP contribution in [0.1, 0.15) is 33.9 Å². The quantitative estimate of drug-likeness (QED) is 0.801. The topological polar surface area (TPSA) is 86.7 Å². The summed E-state index contributed by atoms with van der Waals surface area (Å²) in [7, 11) is 1.65. The van der Waals surface area contributed by atoms with E-state index < -0.39 is 17.9 Å². The molecule has 28 heavy (non-hydrogen) atoms. The van der Waals surface area contributed by atoms with Crippen LogP contribution in [-0.4, -0.2) is 41.4 Å². The van der Waals surface area contributed by atoms with Gasteiger partial charge in [-0.1, -0.05) is 24.3 Å². The molecule has 0 radical (unpaired) electrons. The van der Waals surface area contributed by atoms with Crippen molar-refractivity contribution in [2.24, 2.45) is 5.92 Å². The maximum absolute atomic E-state index is 13.2. The zero-order valence-electron chi connectivity index (χ0n) is 15.4. The van der Waals surface area contributed by atoms with E-state index in [1.165, 1.54) is 29.2 Å². The van der Waals surface area contributed by atoms with Crippen LogP contribution in [0.25, 0.3) is 0 Å². The van der Waals surface area contributed by atoms with Crippen LogP contribution in [0.3, 0.4) is 0 Å². The van der Waals surface area contributed by atoms with Gasteiger partial charge in [0, 0.05) is 20.0 Å². The average Bonchev–Trinajstić information content (AvgIpc) is 2.98. The van der Waals surface area contributed by atoms with Gasteiger partial charge < -0.3 is 15.3 Å². The van der Waals surface area contributed by atoms with E-state index in [4.69, 9.17) is 5.11 Å². The number of hydrogen-bond donors (Lipinski definition) is 2. The van der Waals surface area contributed by atoms with E-state index in [0.717, 1.165) is 11.1 Å². The van der Waals surface area contributed by atoms with Crippen LogP contribution >= 0.6 is 0 Å². The summed E-state index contributed by atoms with van der Waals surface area (Å²) >= 11 is 0. The fraction of sp³-hybridized carbons (Fsp3) is 0.286. The number of carbonyl (C=O) groups excluding carboxylic acids is 2. The first-order valence-electron chi connectivity index (χ1n) is 8.98. The summed E-state index contributed by atoms with van der Waals surface area (Å²) < 4.78 is 13.2. The number of amides is 2. The van der Waals surface area contributed by atoms with Crippen LogP contribution in [0.15, 0.2) is 48.5 Å². The molecule has 1 heterocycles. The highest BCUT2D eigenvalue weighted by atomic mass is 19.1. The molecule has 2 unspecified atom stereocenters. The molecule has 0 saturated carbocycles. The van der Waals surface area contributed by atoms with Gasteiger partial charge in [0.05, 0.1) is 17.5 Å². The van der Waals surface area contributed by atoms with Gasteiger partial charge in [0.15, 0.2) is 0 Å². The number of rotatable bonds is 6. The summed E-state index contributed by atoms with van der Waals surface area (Å²) in [5.41, 5.74) is 1.83. The molecule has 1 aliphatic rings. The van der Waals surface area contributed by atoms with Crippen molar-refractivity contribution in [3.63, 3.8) is 0 Å². The molecule has 0 aromatic heterocycles. The zero-order valence-corrected chi connectivity index (χ0v) is 15.4. The number of nitrogens with zero attached hydrogens (tertiary/aromatic N) is 1. The average molecular weight is 384 g/mol. The van der Waals surface area contributed by atoms with Crippen LogP contribution in [-0.2, 0) is 16.0 Å². The van der Waals surface area contributed by atoms with E-state index >= 15 is 0 Å². The maximum atomic E-state index is 13.2. The lowest BCUT2D eigenvalue weighted by atomic mass is 9.93. The molecular formula is C21H21FN2O4. The number of carbonyl (C=O) groups is 3. The van der Waals surface area contributed by atoms with E-state index in [2.05, 4.69) is 5.32 Å². The summed E-state index contributed by atoms with van der Waals surface area (Å²) in [4.78, 5) is 37.2. The lowest BCUT2D eigenvalue weighted by Gasteiger charge is -2.25. The number of hydrogen-bond acceptors (Lipinski definition) is 3. The molecule has 2 amide bonds. The molecule has 0 bridgehead atoms. The van der Waals surface area contributed by atoms with Crippen molar-refractivity contribution in [2.75, 3.05) is 13.6 Å². The second-order valence-electron chi connectivity index (χ2n) is 6.85. The number of carboxylic acid groups (broad SMARTS) is 1. The highest BCUT2D eigenvalue weighted by Crippen LogP contribution is 2.37. The first kappa shape index (κ1) is 19.5. The Morgan fingerprint density at radius 1 is 1.14 bits per heavy atom. The van der Waals surface area contributed by atoms with Gasteiger partial charge in [-0.3, -0.25) is 9.59 Å². The van der Waals surface area contributed by atoms with Crippen LogP contribution in [0.4, 0.5) is 4.39 Å². The lowest BCUT2D eigenvalue weighted by molar-refractivity contribution is -0.128. The van der Waals surface area contributed by atoms with Crippen molar-refractivity contribution in [1.82, 2.24) is 10.2 Å². The number of aromatic carboxylic acids is 1. The number of nitrogens with one attached hydrogen (secondary N) is 1. The normalized spacial score (nSPS) is 18.9. The van der Waals surface area contributed by atoms with Gasteiger partial charge in [-0.15, -0.1) is 0 Å². The summed E-state index contributed by atoms with van der Waals surface area (Å²) in [5, 5.41) is 11.8. The van der Waals surface area contributed by atoms with Gasteiger partial charge in [-0.2, -0.15) is 0 Å². The Balaban J connectivity index is 1.62.